The number of ether oxygens (including phenoxy) is 1. The monoisotopic (exact) mass is 327 g/mol. The van der Waals surface area contributed by atoms with E-state index in [0.29, 0.717) is 21.6 Å². The summed E-state index contributed by atoms with van der Waals surface area (Å²) < 4.78 is 17.4. The Bertz CT molecular complexity index is 755. The molecule has 5 nitrogen and oxygen atoms in total. The SMILES string of the molecule is COc1cc(CS(=O)c2nc3cscc3[nH]2)ncc1Cl. The van der Waals surface area contributed by atoms with Crippen LogP contribution in [-0.4, -0.2) is 26.3 Å². The van der Waals surface area contributed by atoms with E-state index in [2.05, 4.69) is 15.0 Å². The number of hydrogen-bond acceptors (Lipinski definition) is 5. The maximum atomic E-state index is 12.3. The molecule has 104 valence electrons. The highest BCUT2D eigenvalue weighted by Gasteiger charge is 2.13. The number of H-pyrrole nitrogens is 1. The summed E-state index contributed by atoms with van der Waals surface area (Å²) in [6.07, 6.45) is 1.49. The molecule has 0 aliphatic rings. The van der Waals surface area contributed by atoms with E-state index in [0.717, 1.165) is 11.0 Å². The Morgan fingerprint density at radius 1 is 1.50 bits per heavy atom. The van der Waals surface area contributed by atoms with E-state index in [1.165, 1.54) is 13.3 Å². The summed E-state index contributed by atoms with van der Waals surface area (Å²) in [5.74, 6) is 0.779. The first-order valence-electron chi connectivity index (χ1n) is 5.66. The number of nitrogens with one attached hydrogen (secondary N) is 1. The third kappa shape index (κ3) is 2.56. The summed E-state index contributed by atoms with van der Waals surface area (Å²) in [4.78, 5) is 11.5. The summed E-state index contributed by atoms with van der Waals surface area (Å²) in [5, 5.41) is 4.74. The molecule has 3 heterocycles. The molecule has 0 bridgehead atoms. The first kappa shape index (κ1) is 13.5. The van der Waals surface area contributed by atoms with Gasteiger partial charge in [0.15, 0.2) is 5.16 Å². The van der Waals surface area contributed by atoms with Crippen molar-refractivity contribution in [3.8, 4) is 5.75 Å². The van der Waals surface area contributed by atoms with E-state index in [9.17, 15) is 4.21 Å². The van der Waals surface area contributed by atoms with Gasteiger partial charge < -0.3 is 9.72 Å². The van der Waals surface area contributed by atoms with E-state index in [1.54, 1.807) is 17.4 Å². The highest BCUT2D eigenvalue weighted by molar-refractivity contribution is 7.84. The van der Waals surface area contributed by atoms with Crippen LogP contribution in [0.25, 0.3) is 11.0 Å². The minimum Gasteiger partial charge on any atom is -0.495 e. The third-order valence-corrected chi connectivity index (χ3v) is 4.89. The molecular weight excluding hydrogens is 318 g/mol. The van der Waals surface area contributed by atoms with Crippen LogP contribution in [0.3, 0.4) is 0 Å². The molecule has 1 atom stereocenters. The Kier molecular flexibility index (Phi) is 3.73. The van der Waals surface area contributed by atoms with Crippen LogP contribution >= 0.6 is 22.9 Å². The first-order chi connectivity index (χ1) is 9.67. The Balaban J connectivity index is 1.83. The Morgan fingerprint density at radius 2 is 2.35 bits per heavy atom. The molecular formula is C12H10ClN3O2S2. The van der Waals surface area contributed by atoms with Crippen LogP contribution in [0.4, 0.5) is 0 Å². The molecule has 3 aromatic rings. The number of nitrogens with zero attached hydrogens (tertiary/aromatic N) is 2. The molecule has 0 amide bonds. The van der Waals surface area contributed by atoms with Gasteiger partial charge in [-0.25, -0.2) is 4.98 Å². The lowest BCUT2D eigenvalue weighted by Crippen LogP contribution is -2.01. The van der Waals surface area contributed by atoms with Gasteiger partial charge in [-0.3, -0.25) is 9.19 Å². The lowest BCUT2D eigenvalue weighted by Gasteiger charge is -2.04. The maximum Gasteiger partial charge on any atom is 0.197 e. The van der Waals surface area contributed by atoms with E-state index >= 15 is 0 Å². The fraction of sp³-hybridized carbons (Fsp3) is 0.167. The molecule has 0 radical (unpaired) electrons. The average Bonchev–Trinajstić information content (AvgIpc) is 3.01. The second-order valence-corrected chi connectivity index (χ2v) is 6.53. The number of pyridine rings is 1. The molecule has 3 rings (SSSR count). The van der Waals surface area contributed by atoms with Gasteiger partial charge in [0.2, 0.25) is 0 Å². The second kappa shape index (κ2) is 5.51. The molecule has 20 heavy (non-hydrogen) atoms. The number of aromatic nitrogens is 3. The van der Waals surface area contributed by atoms with Crippen molar-refractivity contribution in [3.63, 3.8) is 0 Å². The number of rotatable bonds is 4. The maximum absolute atomic E-state index is 12.3. The number of hydrogen-bond donors (Lipinski definition) is 1. The summed E-state index contributed by atoms with van der Waals surface area (Å²) in [7, 11) is 0.245. The van der Waals surface area contributed by atoms with Gasteiger partial charge in [0.05, 0.1) is 34.9 Å². The predicted octanol–water partition coefficient (Wildman–Crippen LogP) is 2.99. The van der Waals surface area contributed by atoms with Crippen LogP contribution in [-0.2, 0) is 16.6 Å². The van der Waals surface area contributed by atoms with Crippen LogP contribution in [0.1, 0.15) is 5.69 Å². The highest BCUT2D eigenvalue weighted by Crippen LogP contribution is 2.24. The van der Waals surface area contributed by atoms with Gasteiger partial charge >= 0.3 is 0 Å². The van der Waals surface area contributed by atoms with E-state index < -0.39 is 10.8 Å². The summed E-state index contributed by atoms with van der Waals surface area (Å²) in [6, 6.07) is 1.69. The van der Waals surface area contributed by atoms with Gasteiger partial charge in [0.1, 0.15) is 16.3 Å². The minimum absolute atomic E-state index is 0.257. The largest absolute Gasteiger partial charge is 0.495 e. The van der Waals surface area contributed by atoms with E-state index in [-0.39, 0.29) is 5.75 Å². The Morgan fingerprint density at radius 3 is 3.10 bits per heavy atom. The van der Waals surface area contributed by atoms with Crippen molar-refractivity contribution in [1.29, 1.82) is 0 Å². The molecule has 3 aromatic heterocycles. The Hall–Kier alpha value is -1.44. The van der Waals surface area contributed by atoms with Crippen LogP contribution in [0, 0.1) is 0 Å². The van der Waals surface area contributed by atoms with Crippen LogP contribution in [0.2, 0.25) is 5.02 Å². The number of thiophene rings is 1. The second-order valence-electron chi connectivity index (χ2n) is 4.01. The summed E-state index contributed by atoms with van der Waals surface area (Å²) in [6.45, 7) is 0. The number of methoxy groups -OCH3 is 1. The normalized spacial score (nSPS) is 12.7. The summed E-state index contributed by atoms with van der Waals surface area (Å²) >= 11 is 7.46. The lowest BCUT2D eigenvalue weighted by molar-refractivity contribution is 0.414. The highest BCUT2D eigenvalue weighted by atomic mass is 35.5. The molecule has 0 saturated heterocycles. The van der Waals surface area contributed by atoms with Gasteiger partial charge in [0, 0.05) is 23.0 Å². The zero-order chi connectivity index (χ0) is 14.1. The molecule has 1 unspecified atom stereocenters. The summed E-state index contributed by atoms with van der Waals surface area (Å²) in [5.41, 5.74) is 2.38. The molecule has 0 aliphatic carbocycles. The van der Waals surface area contributed by atoms with Crippen molar-refractivity contribution in [3.05, 3.63) is 33.7 Å². The number of fused-ring (bicyclic) bond motifs is 1. The van der Waals surface area contributed by atoms with Gasteiger partial charge in [-0.05, 0) is 0 Å². The van der Waals surface area contributed by atoms with E-state index in [4.69, 9.17) is 16.3 Å². The van der Waals surface area contributed by atoms with Crippen molar-refractivity contribution < 1.29 is 8.95 Å². The third-order valence-electron chi connectivity index (χ3n) is 2.70. The van der Waals surface area contributed by atoms with Crippen molar-refractivity contribution in [2.45, 2.75) is 10.9 Å². The number of halogens is 1. The molecule has 0 saturated carbocycles. The molecule has 8 heteroatoms. The van der Waals surface area contributed by atoms with E-state index in [1.807, 2.05) is 10.8 Å². The van der Waals surface area contributed by atoms with Gasteiger partial charge in [-0.15, -0.1) is 11.3 Å². The molecule has 0 aliphatic heterocycles. The molecule has 1 N–H and O–H groups in total. The molecule has 0 fully saturated rings. The lowest BCUT2D eigenvalue weighted by atomic mass is 10.3. The number of imidazole rings is 1. The first-order valence-corrected chi connectivity index (χ1v) is 8.30. The van der Waals surface area contributed by atoms with Crippen LogP contribution < -0.4 is 4.74 Å². The zero-order valence-electron chi connectivity index (χ0n) is 10.4. The van der Waals surface area contributed by atoms with Crippen molar-refractivity contribution in [2.24, 2.45) is 0 Å². The average molecular weight is 328 g/mol. The molecule has 0 aromatic carbocycles. The van der Waals surface area contributed by atoms with Gasteiger partial charge in [-0.2, -0.15) is 0 Å². The molecule has 0 spiro atoms. The topological polar surface area (TPSA) is 67.9 Å². The quantitative estimate of drug-likeness (QED) is 0.800. The standard InChI is InChI=1S/C12H10ClN3O2S2/c1-18-11-2-7(14-3-8(11)13)6-20(17)12-15-9-4-19-5-10(9)16-12/h2-5H,6H2,1H3,(H,15,16). The van der Waals surface area contributed by atoms with Gasteiger partial charge in [0.25, 0.3) is 0 Å². The fourth-order valence-electron chi connectivity index (χ4n) is 1.73. The number of aromatic amines is 1. The Labute approximate surface area is 126 Å². The van der Waals surface area contributed by atoms with Crippen molar-refractivity contribution >= 4 is 44.8 Å². The zero-order valence-corrected chi connectivity index (χ0v) is 12.8. The van der Waals surface area contributed by atoms with Crippen LogP contribution in [0.5, 0.6) is 5.75 Å². The predicted molar refractivity (Wildman–Crippen MR) is 79.9 cm³/mol. The van der Waals surface area contributed by atoms with Gasteiger partial charge in [-0.1, -0.05) is 11.6 Å². The minimum atomic E-state index is -1.29. The van der Waals surface area contributed by atoms with Crippen molar-refractivity contribution in [1.82, 2.24) is 15.0 Å². The smallest absolute Gasteiger partial charge is 0.197 e. The van der Waals surface area contributed by atoms with Crippen LogP contribution in [0.15, 0.2) is 28.2 Å². The van der Waals surface area contributed by atoms with Crippen molar-refractivity contribution in [2.75, 3.05) is 7.11 Å². The fourth-order valence-corrected chi connectivity index (χ4v) is 3.59.